The quantitative estimate of drug-likeness (QED) is 0.775. The van der Waals surface area contributed by atoms with Crippen molar-refractivity contribution in [3.63, 3.8) is 0 Å². The molecular weight excluding hydrogens is 254 g/mol. The van der Waals surface area contributed by atoms with Crippen LogP contribution in [-0.4, -0.2) is 26.1 Å². The predicted octanol–water partition coefficient (Wildman–Crippen LogP) is 2.74. The van der Waals surface area contributed by atoms with E-state index in [1.807, 2.05) is 32.0 Å². The van der Waals surface area contributed by atoms with Crippen molar-refractivity contribution in [2.24, 2.45) is 0 Å². The second-order valence-electron chi connectivity index (χ2n) is 4.80. The van der Waals surface area contributed by atoms with Crippen LogP contribution in [0.3, 0.4) is 0 Å². The van der Waals surface area contributed by atoms with Gasteiger partial charge in [-0.2, -0.15) is 0 Å². The highest BCUT2D eigenvalue weighted by molar-refractivity contribution is 5.92. The standard InChI is InChI=1S/C15H13N3O2/c1-9-3-4-10(2)13(7-9)18-14-8-11(15(19)20)5-6-12(14)16-17-18/h3-8H,1-2H3,(H,19,20). The number of benzene rings is 2. The van der Waals surface area contributed by atoms with Gasteiger partial charge in [0, 0.05) is 0 Å². The van der Waals surface area contributed by atoms with Crippen molar-refractivity contribution in [2.45, 2.75) is 13.8 Å². The molecule has 0 bridgehead atoms. The number of aromatic nitrogens is 3. The number of hydrogen-bond acceptors (Lipinski definition) is 3. The zero-order valence-corrected chi connectivity index (χ0v) is 11.2. The van der Waals surface area contributed by atoms with Gasteiger partial charge < -0.3 is 5.11 Å². The van der Waals surface area contributed by atoms with E-state index in [0.717, 1.165) is 16.8 Å². The first kappa shape index (κ1) is 12.3. The predicted molar refractivity (Wildman–Crippen MR) is 75.3 cm³/mol. The maximum absolute atomic E-state index is 11.1. The van der Waals surface area contributed by atoms with E-state index in [4.69, 9.17) is 5.11 Å². The Balaban J connectivity index is 2.28. The Labute approximate surface area is 115 Å². The van der Waals surface area contributed by atoms with Crippen LogP contribution >= 0.6 is 0 Å². The van der Waals surface area contributed by atoms with E-state index in [2.05, 4.69) is 10.3 Å². The van der Waals surface area contributed by atoms with Gasteiger partial charge in [0.25, 0.3) is 0 Å². The first-order valence-electron chi connectivity index (χ1n) is 6.22. The van der Waals surface area contributed by atoms with Crippen LogP contribution in [0.5, 0.6) is 0 Å². The number of rotatable bonds is 2. The van der Waals surface area contributed by atoms with Gasteiger partial charge in [-0.3, -0.25) is 0 Å². The SMILES string of the molecule is Cc1ccc(C)c(-n2nnc3ccc(C(=O)O)cc32)c1. The van der Waals surface area contributed by atoms with Gasteiger partial charge in [-0.15, -0.1) is 5.10 Å². The largest absolute Gasteiger partial charge is 0.478 e. The molecule has 0 aliphatic carbocycles. The summed E-state index contributed by atoms with van der Waals surface area (Å²) in [5.41, 5.74) is 4.68. The van der Waals surface area contributed by atoms with Crippen LogP contribution in [-0.2, 0) is 0 Å². The number of carbonyl (C=O) groups is 1. The van der Waals surface area contributed by atoms with E-state index in [1.165, 1.54) is 6.07 Å². The fourth-order valence-electron chi connectivity index (χ4n) is 2.18. The van der Waals surface area contributed by atoms with Crippen molar-refractivity contribution in [1.29, 1.82) is 0 Å². The Hall–Kier alpha value is -2.69. The lowest BCUT2D eigenvalue weighted by atomic mass is 10.1. The molecule has 5 heteroatoms. The highest BCUT2D eigenvalue weighted by Gasteiger charge is 2.12. The number of carboxylic acids is 1. The molecule has 3 rings (SSSR count). The summed E-state index contributed by atoms with van der Waals surface area (Å²) in [6.45, 7) is 3.99. The Morgan fingerprint density at radius 2 is 1.95 bits per heavy atom. The van der Waals surface area contributed by atoms with Gasteiger partial charge in [-0.25, -0.2) is 9.48 Å². The molecule has 0 spiro atoms. The van der Waals surface area contributed by atoms with E-state index in [-0.39, 0.29) is 5.56 Å². The number of hydrogen-bond donors (Lipinski definition) is 1. The second kappa shape index (κ2) is 4.45. The number of aryl methyl sites for hydroxylation is 2. The summed E-state index contributed by atoms with van der Waals surface area (Å²) >= 11 is 0. The molecule has 0 saturated heterocycles. The summed E-state index contributed by atoms with van der Waals surface area (Å²) in [5, 5.41) is 17.3. The van der Waals surface area contributed by atoms with E-state index in [9.17, 15) is 4.79 Å². The van der Waals surface area contributed by atoms with Gasteiger partial charge in [-0.05, 0) is 49.2 Å². The van der Waals surface area contributed by atoms with Crippen molar-refractivity contribution >= 4 is 17.0 Å². The molecule has 0 amide bonds. The molecule has 5 nitrogen and oxygen atoms in total. The molecule has 1 N–H and O–H groups in total. The third-order valence-electron chi connectivity index (χ3n) is 3.29. The normalized spacial score (nSPS) is 10.9. The molecule has 0 saturated carbocycles. The number of carboxylic acid groups (broad SMARTS) is 1. The summed E-state index contributed by atoms with van der Waals surface area (Å²) in [6.07, 6.45) is 0. The Morgan fingerprint density at radius 1 is 1.15 bits per heavy atom. The second-order valence-corrected chi connectivity index (χ2v) is 4.80. The number of fused-ring (bicyclic) bond motifs is 1. The molecule has 0 radical (unpaired) electrons. The average molecular weight is 267 g/mol. The molecule has 0 unspecified atom stereocenters. The molecule has 20 heavy (non-hydrogen) atoms. The lowest BCUT2D eigenvalue weighted by Crippen LogP contribution is -2.01. The fourth-order valence-corrected chi connectivity index (χ4v) is 2.18. The minimum atomic E-state index is -0.958. The summed E-state index contributed by atoms with van der Waals surface area (Å²) in [4.78, 5) is 11.1. The van der Waals surface area contributed by atoms with Gasteiger partial charge in [0.15, 0.2) is 0 Å². The molecule has 3 aromatic rings. The van der Waals surface area contributed by atoms with Crippen LogP contribution in [0.25, 0.3) is 16.7 Å². The van der Waals surface area contributed by atoms with Crippen LogP contribution in [0.2, 0.25) is 0 Å². The maximum atomic E-state index is 11.1. The molecule has 2 aromatic carbocycles. The lowest BCUT2D eigenvalue weighted by molar-refractivity contribution is 0.0697. The molecule has 100 valence electrons. The van der Waals surface area contributed by atoms with Gasteiger partial charge in [0.1, 0.15) is 5.52 Å². The number of nitrogens with zero attached hydrogens (tertiary/aromatic N) is 3. The molecule has 0 aliphatic heterocycles. The minimum Gasteiger partial charge on any atom is -0.478 e. The zero-order valence-electron chi connectivity index (χ0n) is 11.2. The van der Waals surface area contributed by atoms with Crippen molar-refractivity contribution in [3.05, 3.63) is 53.1 Å². The number of aromatic carboxylic acids is 1. The molecule has 0 atom stereocenters. The van der Waals surface area contributed by atoms with Gasteiger partial charge >= 0.3 is 5.97 Å². The average Bonchev–Trinajstić information content (AvgIpc) is 2.84. The van der Waals surface area contributed by atoms with Gasteiger partial charge in [-0.1, -0.05) is 17.3 Å². The first-order valence-corrected chi connectivity index (χ1v) is 6.22. The van der Waals surface area contributed by atoms with E-state index in [1.54, 1.807) is 16.8 Å². The molecule has 1 aromatic heterocycles. The summed E-state index contributed by atoms with van der Waals surface area (Å²) in [6, 6.07) is 10.9. The third kappa shape index (κ3) is 1.93. The first-order chi connectivity index (χ1) is 9.56. The Morgan fingerprint density at radius 3 is 2.70 bits per heavy atom. The fraction of sp³-hybridized carbons (Fsp3) is 0.133. The molecule has 0 fully saturated rings. The monoisotopic (exact) mass is 267 g/mol. The minimum absolute atomic E-state index is 0.228. The van der Waals surface area contributed by atoms with Crippen molar-refractivity contribution in [2.75, 3.05) is 0 Å². The summed E-state index contributed by atoms with van der Waals surface area (Å²) in [5.74, 6) is -0.958. The highest BCUT2D eigenvalue weighted by atomic mass is 16.4. The van der Waals surface area contributed by atoms with Crippen molar-refractivity contribution in [3.8, 4) is 5.69 Å². The van der Waals surface area contributed by atoms with E-state index >= 15 is 0 Å². The third-order valence-corrected chi connectivity index (χ3v) is 3.29. The van der Waals surface area contributed by atoms with Crippen LogP contribution in [0.4, 0.5) is 0 Å². The Bertz CT molecular complexity index is 821. The van der Waals surface area contributed by atoms with Crippen molar-refractivity contribution < 1.29 is 9.90 Å². The van der Waals surface area contributed by atoms with Crippen LogP contribution in [0.1, 0.15) is 21.5 Å². The topological polar surface area (TPSA) is 68.0 Å². The van der Waals surface area contributed by atoms with E-state index in [0.29, 0.717) is 11.0 Å². The Kier molecular flexibility index (Phi) is 2.75. The molecule has 0 aliphatic rings. The zero-order chi connectivity index (χ0) is 14.3. The summed E-state index contributed by atoms with van der Waals surface area (Å²) < 4.78 is 1.68. The van der Waals surface area contributed by atoms with E-state index < -0.39 is 5.97 Å². The van der Waals surface area contributed by atoms with Crippen LogP contribution in [0.15, 0.2) is 36.4 Å². The summed E-state index contributed by atoms with van der Waals surface area (Å²) in [7, 11) is 0. The highest BCUT2D eigenvalue weighted by Crippen LogP contribution is 2.21. The van der Waals surface area contributed by atoms with Gasteiger partial charge in [0.05, 0.1) is 16.8 Å². The molecule has 1 heterocycles. The lowest BCUT2D eigenvalue weighted by Gasteiger charge is -2.07. The van der Waals surface area contributed by atoms with Crippen LogP contribution in [0, 0.1) is 13.8 Å². The smallest absolute Gasteiger partial charge is 0.335 e. The van der Waals surface area contributed by atoms with Crippen molar-refractivity contribution in [1.82, 2.24) is 15.0 Å². The molecular formula is C15H13N3O2. The maximum Gasteiger partial charge on any atom is 0.335 e. The van der Waals surface area contributed by atoms with Crippen LogP contribution < -0.4 is 0 Å². The van der Waals surface area contributed by atoms with Gasteiger partial charge in [0.2, 0.25) is 0 Å².